The molecule has 2 fully saturated rings. The third kappa shape index (κ3) is 8.35. The molecule has 306 valence electrons. The Morgan fingerprint density at radius 2 is 1.07 bits per heavy atom. The maximum Gasteiger partial charge on any atom is 0.339 e. The van der Waals surface area contributed by atoms with Gasteiger partial charge in [0.05, 0.1) is 29.6 Å². The highest BCUT2D eigenvalue weighted by molar-refractivity contribution is 5.98. The van der Waals surface area contributed by atoms with E-state index in [0.717, 1.165) is 53.9 Å². The average molecular weight is 807 g/mol. The highest BCUT2D eigenvalue weighted by Gasteiger charge is 2.27. The number of aryl methyl sites for hydroxylation is 2. The Morgan fingerprint density at radius 3 is 1.48 bits per heavy atom. The van der Waals surface area contributed by atoms with Gasteiger partial charge in [0.1, 0.15) is 0 Å². The number of hydrogen-bond acceptors (Lipinski definition) is 5. The monoisotopic (exact) mass is 806 g/mol. The molecule has 0 unspecified atom stereocenters. The van der Waals surface area contributed by atoms with Gasteiger partial charge in [-0.25, -0.2) is 9.59 Å². The van der Waals surface area contributed by atoms with Crippen molar-refractivity contribution in [3.05, 3.63) is 179 Å². The fraction of sp³-hybridized carbons (Fsp3) is 0.245. The van der Waals surface area contributed by atoms with Gasteiger partial charge in [-0.2, -0.15) is 0 Å². The number of ether oxygens (including phenoxy) is 1. The second kappa shape index (κ2) is 17.1. The first-order valence-corrected chi connectivity index (χ1v) is 21.4. The van der Waals surface area contributed by atoms with E-state index in [4.69, 9.17) is 4.74 Å². The molecule has 0 aliphatic heterocycles. The Balaban J connectivity index is 0.000000156. The summed E-state index contributed by atoms with van der Waals surface area (Å²) in [6, 6.07) is 37.6. The van der Waals surface area contributed by atoms with Gasteiger partial charge >= 0.3 is 11.9 Å². The van der Waals surface area contributed by atoms with Gasteiger partial charge in [-0.05, 0) is 121 Å². The molecule has 4 aromatic carbocycles. The molecular weight excluding hydrogens is 757 g/mol. The molecule has 4 heterocycles. The largest absolute Gasteiger partial charge is 0.478 e. The van der Waals surface area contributed by atoms with Crippen molar-refractivity contribution in [3.63, 3.8) is 0 Å². The first kappa shape index (κ1) is 39.6. The van der Waals surface area contributed by atoms with Crippen LogP contribution in [0.15, 0.2) is 134 Å². The average Bonchev–Trinajstić information content (AvgIpc) is 4.25. The van der Waals surface area contributed by atoms with Crippen LogP contribution in [0.3, 0.4) is 0 Å². The van der Waals surface area contributed by atoms with Gasteiger partial charge in [0.25, 0.3) is 0 Å². The van der Waals surface area contributed by atoms with E-state index in [1.165, 1.54) is 64.0 Å². The Morgan fingerprint density at radius 1 is 0.623 bits per heavy atom. The fourth-order valence-electron chi connectivity index (χ4n) is 8.57. The minimum Gasteiger partial charge on any atom is -0.478 e. The lowest BCUT2D eigenvalue weighted by molar-refractivity contribution is 0.0598. The minimum atomic E-state index is -0.900. The van der Waals surface area contributed by atoms with Crippen LogP contribution >= 0.6 is 0 Å². The summed E-state index contributed by atoms with van der Waals surface area (Å²) in [5, 5.41) is 12.1. The summed E-state index contributed by atoms with van der Waals surface area (Å²) in [5.74, 6) is -0.178. The summed E-state index contributed by atoms with van der Waals surface area (Å²) in [4.78, 5) is 33.5. The summed E-state index contributed by atoms with van der Waals surface area (Å²) in [6.07, 6.45) is 13.9. The molecule has 8 aromatic rings. The smallest absolute Gasteiger partial charge is 0.339 e. The number of carboxylic acid groups (broad SMARTS) is 1. The molecule has 0 atom stereocenters. The Kier molecular flexibility index (Phi) is 11.1. The normalized spacial score (nSPS) is 13.6. The maximum atomic E-state index is 12.4. The van der Waals surface area contributed by atoms with Crippen LogP contribution in [0.25, 0.3) is 44.1 Å². The quantitative estimate of drug-likeness (QED) is 0.123. The van der Waals surface area contributed by atoms with Gasteiger partial charge in [0.15, 0.2) is 0 Å². The number of rotatable bonds is 12. The molecule has 0 radical (unpaired) electrons. The van der Waals surface area contributed by atoms with Crippen LogP contribution in [0.1, 0.15) is 106 Å². The van der Waals surface area contributed by atoms with Crippen LogP contribution < -0.4 is 0 Å². The predicted octanol–water partition coefficient (Wildman–Crippen LogP) is 11.9. The van der Waals surface area contributed by atoms with Crippen LogP contribution in [0, 0.1) is 0 Å². The van der Waals surface area contributed by atoms with Gasteiger partial charge in [-0.1, -0.05) is 72.8 Å². The third-order valence-corrected chi connectivity index (χ3v) is 12.2. The van der Waals surface area contributed by atoms with Crippen molar-refractivity contribution in [2.75, 3.05) is 7.11 Å². The number of aromatic carboxylic acids is 1. The third-order valence-electron chi connectivity index (χ3n) is 12.2. The van der Waals surface area contributed by atoms with Gasteiger partial charge in [-0.3, -0.25) is 9.97 Å². The predicted molar refractivity (Wildman–Crippen MR) is 242 cm³/mol. The summed E-state index contributed by atoms with van der Waals surface area (Å²) in [5.41, 5.74) is 13.9. The number of nitrogens with zero attached hydrogens (tertiary/aromatic N) is 4. The number of methoxy groups -OCH3 is 1. The standard InChI is InChI=1S/C27H26N2O2.C26H24N2O2/c1-3-29-17-24(20-7-5-4-6-8-20)22-13-18(9-12-26(22)29)14-25-23(27(30)31-2)15-21(16-28-25)19-10-11-19;1-2-28-16-23(19-6-4-3-5-7-19)21-12-17(8-11-25(21)28)13-24-22(26(29)30)14-20(15-27-24)18-9-10-18/h4-9,12-13,15-17,19H,3,10-11,14H2,1-2H3;3-8,11-12,14-16,18H,2,9-10,13H2,1H3,(H,29,30). The van der Waals surface area contributed by atoms with Gasteiger partial charge in [0, 0.05) is 83.7 Å². The Labute approximate surface area is 356 Å². The summed E-state index contributed by atoms with van der Waals surface area (Å²) >= 11 is 0. The van der Waals surface area contributed by atoms with E-state index in [1.54, 1.807) is 0 Å². The van der Waals surface area contributed by atoms with Crippen molar-refractivity contribution >= 4 is 33.7 Å². The highest BCUT2D eigenvalue weighted by Crippen LogP contribution is 2.41. The molecule has 0 bridgehead atoms. The first-order chi connectivity index (χ1) is 29.8. The fourth-order valence-corrected chi connectivity index (χ4v) is 8.57. The summed E-state index contributed by atoms with van der Waals surface area (Å²) in [7, 11) is 1.43. The molecule has 0 amide bonds. The van der Waals surface area contributed by atoms with E-state index in [0.29, 0.717) is 41.5 Å². The van der Waals surface area contributed by atoms with Gasteiger partial charge < -0.3 is 19.0 Å². The summed E-state index contributed by atoms with van der Waals surface area (Å²) < 4.78 is 9.59. The van der Waals surface area contributed by atoms with E-state index in [1.807, 2.05) is 36.7 Å². The van der Waals surface area contributed by atoms with Crippen LogP contribution in [0.4, 0.5) is 0 Å². The van der Waals surface area contributed by atoms with Crippen molar-refractivity contribution < 1.29 is 19.4 Å². The molecule has 8 heteroatoms. The molecule has 2 saturated carbocycles. The number of esters is 1. The van der Waals surface area contributed by atoms with Crippen molar-refractivity contribution in [2.45, 2.75) is 77.3 Å². The number of benzene rings is 4. The number of carbonyl (C=O) groups is 2. The van der Waals surface area contributed by atoms with E-state index in [2.05, 4.69) is 130 Å². The Hall–Kier alpha value is -6.80. The number of carboxylic acids is 1. The Bertz CT molecular complexity index is 2890. The molecule has 2 aliphatic carbocycles. The molecule has 0 spiro atoms. The molecule has 0 saturated heterocycles. The summed E-state index contributed by atoms with van der Waals surface area (Å²) in [6.45, 7) is 6.12. The van der Waals surface area contributed by atoms with Crippen LogP contribution in [-0.2, 0) is 30.7 Å². The zero-order valence-corrected chi connectivity index (χ0v) is 35.0. The molecule has 2 aliphatic rings. The van der Waals surface area contributed by atoms with Crippen LogP contribution in [0.2, 0.25) is 0 Å². The highest BCUT2D eigenvalue weighted by atomic mass is 16.5. The number of hydrogen-bond donors (Lipinski definition) is 1. The second-order valence-electron chi connectivity index (χ2n) is 16.3. The molecule has 1 N–H and O–H groups in total. The van der Waals surface area contributed by atoms with Crippen molar-refractivity contribution in [2.24, 2.45) is 0 Å². The van der Waals surface area contributed by atoms with Gasteiger partial charge in [0.2, 0.25) is 0 Å². The molecule has 4 aromatic heterocycles. The van der Waals surface area contributed by atoms with Crippen molar-refractivity contribution in [1.29, 1.82) is 0 Å². The van der Waals surface area contributed by atoms with E-state index in [9.17, 15) is 14.7 Å². The molecule has 8 nitrogen and oxygen atoms in total. The van der Waals surface area contributed by atoms with Gasteiger partial charge in [-0.15, -0.1) is 0 Å². The SMILES string of the molecule is CCn1cc(-c2ccccc2)c2cc(Cc3ncc(C4CC4)cc3C(=O)O)ccc21.CCn1cc(-c2ccccc2)c2cc(Cc3ncc(C4CC4)cc3C(=O)OC)ccc21. The first-order valence-electron chi connectivity index (χ1n) is 21.4. The molecule has 61 heavy (non-hydrogen) atoms. The number of aromatic nitrogens is 4. The zero-order chi connectivity index (χ0) is 42.0. The van der Waals surface area contributed by atoms with Crippen molar-refractivity contribution in [1.82, 2.24) is 19.1 Å². The number of fused-ring (bicyclic) bond motifs is 2. The van der Waals surface area contributed by atoms with Crippen LogP contribution in [0.5, 0.6) is 0 Å². The minimum absolute atomic E-state index is 0.312. The van der Waals surface area contributed by atoms with Crippen LogP contribution in [-0.4, -0.2) is 43.3 Å². The van der Waals surface area contributed by atoms with Crippen molar-refractivity contribution in [3.8, 4) is 22.3 Å². The maximum absolute atomic E-state index is 12.4. The number of carbonyl (C=O) groups excluding carboxylic acids is 1. The lowest BCUT2D eigenvalue weighted by Gasteiger charge is -2.10. The number of pyridine rings is 2. The van der Waals surface area contributed by atoms with E-state index >= 15 is 0 Å². The van der Waals surface area contributed by atoms with E-state index < -0.39 is 5.97 Å². The lowest BCUT2D eigenvalue weighted by atomic mass is 9.99. The molecule has 10 rings (SSSR count). The molecular formula is C53H50N4O4. The zero-order valence-electron chi connectivity index (χ0n) is 35.0. The lowest BCUT2D eigenvalue weighted by Crippen LogP contribution is -2.09. The van der Waals surface area contributed by atoms with E-state index in [-0.39, 0.29) is 5.97 Å². The second-order valence-corrected chi connectivity index (χ2v) is 16.3. The topological polar surface area (TPSA) is 99.2 Å².